The standard InChI is InChI=1S/C4H9BrO2.Br3P/c5-1-3-7-4-2-6;1-4(2)3/h6H,1-4H2;. The molecule has 0 aromatic carbocycles. The molecule has 0 amide bonds. The molecule has 0 spiro atoms. The second-order valence-corrected chi connectivity index (χ2v) is 17.3. The molecule has 0 atom stereocenters. The number of aliphatic hydroxyl groups is 1. The van der Waals surface area contributed by atoms with Crippen LogP contribution in [0.5, 0.6) is 0 Å². The molecule has 0 aliphatic carbocycles. The lowest BCUT2D eigenvalue weighted by atomic mass is 10.8. The van der Waals surface area contributed by atoms with Crippen molar-refractivity contribution in [1.29, 1.82) is 0 Å². The van der Waals surface area contributed by atoms with Gasteiger partial charge in [-0.2, -0.15) is 0 Å². The van der Waals surface area contributed by atoms with Gasteiger partial charge in [0.15, 0.2) is 0 Å². The van der Waals surface area contributed by atoms with Crippen molar-refractivity contribution in [2.75, 3.05) is 25.2 Å². The van der Waals surface area contributed by atoms with Crippen LogP contribution in [0, 0.1) is 0 Å². The Kier molecular flexibility index (Phi) is 21.1. The highest BCUT2D eigenvalue weighted by Crippen LogP contribution is 2.59. The van der Waals surface area contributed by atoms with Crippen molar-refractivity contribution in [3.05, 3.63) is 0 Å². The Hall–Kier alpha value is 2.27. The lowest BCUT2D eigenvalue weighted by molar-refractivity contribution is 0.104. The van der Waals surface area contributed by atoms with Gasteiger partial charge in [-0.05, 0) is 46.5 Å². The smallest absolute Gasteiger partial charge is 0.103 e. The minimum atomic E-state index is -0.183. The average Bonchev–Trinajstić information content (AvgIpc) is 1.88. The summed E-state index contributed by atoms with van der Waals surface area (Å²) < 4.78 is 4.65. The van der Waals surface area contributed by atoms with Gasteiger partial charge in [-0.1, -0.05) is 15.9 Å². The van der Waals surface area contributed by atoms with Crippen molar-refractivity contribution in [1.82, 2.24) is 0 Å². The predicted octanol–water partition coefficient (Wildman–Crippen LogP) is 3.79. The number of ether oxygens (including phenoxy) is 1. The molecule has 70 valence electrons. The van der Waals surface area contributed by atoms with Crippen molar-refractivity contribution in [3.63, 3.8) is 0 Å². The largest absolute Gasteiger partial charge is 0.394 e. The molecular formula is C4H9Br4O2P. The van der Waals surface area contributed by atoms with E-state index in [1.165, 1.54) is 0 Å². The van der Waals surface area contributed by atoms with Crippen LogP contribution >= 0.6 is 66.4 Å². The van der Waals surface area contributed by atoms with E-state index >= 15 is 0 Å². The summed E-state index contributed by atoms with van der Waals surface area (Å²) in [6.45, 7) is 1.25. The molecule has 0 rings (SSSR count). The Balaban J connectivity index is 0. The fourth-order valence-corrected chi connectivity index (χ4v) is 0.450. The number of alkyl halides is 1. The van der Waals surface area contributed by atoms with E-state index in [1.807, 2.05) is 0 Å². The normalized spacial score (nSPS) is 9.27. The maximum Gasteiger partial charge on any atom is 0.103 e. The molecule has 0 aromatic heterocycles. The summed E-state index contributed by atoms with van der Waals surface area (Å²) in [6.07, 6.45) is 0. The minimum Gasteiger partial charge on any atom is -0.394 e. The van der Waals surface area contributed by atoms with Crippen LogP contribution in [0.15, 0.2) is 0 Å². The summed E-state index contributed by atoms with van der Waals surface area (Å²) in [5.74, 6) is 0. The topological polar surface area (TPSA) is 29.5 Å². The first kappa shape index (κ1) is 15.7. The van der Waals surface area contributed by atoms with E-state index in [1.54, 1.807) is 0 Å². The summed E-state index contributed by atoms with van der Waals surface area (Å²) in [5, 5.41) is 8.99. The monoisotopic (exact) mass is 436 g/mol. The van der Waals surface area contributed by atoms with Crippen LogP contribution in [0.4, 0.5) is 0 Å². The third-order valence-corrected chi connectivity index (χ3v) is 0.781. The van der Waals surface area contributed by atoms with Gasteiger partial charge in [-0.25, -0.2) is 0 Å². The Morgan fingerprint density at radius 2 is 1.64 bits per heavy atom. The second-order valence-electron chi connectivity index (χ2n) is 1.22. The molecule has 7 heteroatoms. The van der Waals surface area contributed by atoms with Crippen LogP contribution in [0.25, 0.3) is 0 Å². The number of halogens is 4. The zero-order valence-corrected chi connectivity index (χ0v) is 12.9. The molecular weight excluding hydrogens is 431 g/mol. The molecule has 0 radical (unpaired) electrons. The predicted molar refractivity (Wildman–Crippen MR) is 65.4 cm³/mol. The number of rotatable bonds is 4. The van der Waals surface area contributed by atoms with E-state index in [2.05, 4.69) is 62.4 Å². The fourth-order valence-electron chi connectivity index (χ4n) is 0.221. The van der Waals surface area contributed by atoms with Gasteiger partial charge in [0.2, 0.25) is 0 Å². The van der Waals surface area contributed by atoms with E-state index in [9.17, 15) is 0 Å². The summed E-state index contributed by atoms with van der Waals surface area (Å²) in [4.78, 5) is 0. The highest BCUT2D eigenvalue weighted by molar-refractivity contribution is 9.93. The number of hydrogen-bond donors (Lipinski definition) is 1. The molecule has 11 heavy (non-hydrogen) atoms. The van der Waals surface area contributed by atoms with Gasteiger partial charge in [-0.15, -0.1) is 0 Å². The molecule has 0 saturated carbocycles. The number of aliphatic hydroxyl groups excluding tert-OH is 1. The zero-order valence-electron chi connectivity index (χ0n) is 5.64. The number of hydrogen-bond acceptors (Lipinski definition) is 2. The first-order valence-electron chi connectivity index (χ1n) is 2.67. The van der Waals surface area contributed by atoms with Crippen molar-refractivity contribution in [2.24, 2.45) is 0 Å². The molecule has 0 bridgehead atoms. The first-order chi connectivity index (χ1) is 5.15. The van der Waals surface area contributed by atoms with Crippen molar-refractivity contribution in [2.45, 2.75) is 0 Å². The van der Waals surface area contributed by atoms with Gasteiger partial charge in [0.25, 0.3) is 0 Å². The maximum absolute atomic E-state index is 8.15. The fraction of sp³-hybridized carbons (Fsp3) is 1.00. The molecule has 0 unspecified atom stereocenters. The molecule has 0 heterocycles. The molecule has 0 aliphatic heterocycles. The molecule has 0 saturated heterocycles. The lowest BCUT2D eigenvalue weighted by Gasteiger charge is -1.94. The van der Waals surface area contributed by atoms with Crippen molar-refractivity contribution >= 4 is 66.4 Å². The minimum absolute atomic E-state index is 0.118. The molecule has 1 N–H and O–H groups in total. The zero-order chi connectivity index (χ0) is 9.11. The van der Waals surface area contributed by atoms with E-state index in [0.717, 1.165) is 5.33 Å². The van der Waals surface area contributed by atoms with Crippen LogP contribution in [0.3, 0.4) is 0 Å². The quantitative estimate of drug-likeness (QED) is 0.410. The van der Waals surface area contributed by atoms with Gasteiger partial charge in [0.05, 0.1) is 19.8 Å². The van der Waals surface area contributed by atoms with Crippen LogP contribution < -0.4 is 0 Å². The van der Waals surface area contributed by atoms with Crippen LogP contribution in [-0.4, -0.2) is 30.3 Å². The van der Waals surface area contributed by atoms with Crippen molar-refractivity contribution in [3.8, 4) is 0 Å². The second kappa shape index (κ2) is 14.8. The lowest BCUT2D eigenvalue weighted by Crippen LogP contribution is -2.00. The highest BCUT2D eigenvalue weighted by Gasteiger charge is 1.79. The van der Waals surface area contributed by atoms with Crippen LogP contribution in [0.2, 0.25) is 0 Å². The Morgan fingerprint density at radius 1 is 1.18 bits per heavy atom. The highest BCUT2D eigenvalue weighted by atomic mass is 80.0. The molecule has 0 fully saturated rings. The summed E-state index contributed by atoms with van der Waals surface area (Å²) in [7, 11) is 0. The summed E-state index contributed by atoms with van der Waals surface area (Å²) in [5.41, 5.74) is 0. The van der Waals surface area contributed by atoms with E-state index in [0.29, 0.717) is 13.2 Å². The molecule has 0 aromatic rings. The Labute approximate surface area is 101 Å². The third kappa shape index (κ3) is 32.9. The van der Waals surface area contributed by atoms with E-state index in [-0.39, 0.29) is 10.6 Å². The van der Waals surface area contributed by atoms with Gasteiger partial charge in [0, 0.05) is 5.33 Å². The van der Waals surface area contributed by atoms with Gasteiger partial charge in [-0.3, -0.25) is 0 Å². The average molecular weight is 440 g/mol. The van der Waals surface area contributed by atoms with Gasteiger partial charge < -0.3 is 9.84 Å². The Morgan fingerprint density at radius 3 is 1.91 bits per heavy atom. The third-order valence-electron chi connectivity index (χ3n) is 0.457. The van der Waals surface area contributed by atoms with Gasteiger partial charge >= 0.3 is 0 Å². The van der Waals surface area contributed by atoms with Crippen LogP contribution in [-0.2, 0) is 4.74 Å². The summed E-state index contributed by atoms with van der Waals surface area (Å²) >= 11 is 12.7. The van der Waals surface area contributed by atoms with Gasteiger partial charge in [0.1, 0.15) is 4.03 Å². The summed E-state index contributed by atoms with van der Waals surface area (Å²) in [6, 6.07) is 0. The molecule has 2 nitrogen and oxygen atoms in total. The maximum atomic E-state index is 8.15. The first-order valence-corrected chi connectivity index (χ1v) is 11.2. The Bertz CT molecular complexity index is 59.3. The molecule has 0 aliphatic rings. The van der Waals surface area contributed by atoms with Crippen LogP contribution in [0.1, 0.15) is 0 Å². The van der Waals surface area contributed by atoms with E-state index in [4.69, 9.17) is 9.84 Å². The van der Waals surface area contributed by atoms with E-state index < -0.39 is 0 Å². The van der Waals surface area contributed by atoms with Crippen molar-refractivity contribution < 1.29 is 9.84 Å². The SMILES string of the molecule is BrP(Br)Br.OCCOCCBr.